The van der Waals surface area contributed by atoms with Crippen molar-refractivity contribution in [1.29, 1.82) is 0 Å². The van der Waals surface area contributed by atoms with Gasteiger partial charge in [0, 0.05) is 16.6 Å². The van der Waals surface area contributed by atoms with Crippen molar-refractivity contribution in [1.82, 2.24) is 0 Å². The first-order valence-corrected chi connectivity index (χ1v) is 6.19. The van der Waals surface area contributed by atoms with Crippen molar-refractivity contribution in [2.75, 3.05) is 13.7 Å². The second kappa shape index (κ2) is 8.11. The minimum absolute atomic E-state index is 0.333. The summed E-state index contributed by atoms with van der Waals surface area (Å²) in [5.41, 5.74) is 0. The molecule has 0 fully saturated rings. The Hall–Kier alpha value is -2.15. The van der Waals surface area contributed by atoms with Crippen LogP contribution in [0.2, 0.25) is 0 Å². The largest absolute Gasteiger partial charge is 0.466 e. The standard InChI is InChI=1S/C13H11BrO6/c1-18-11(15)6-7-12(16)19-8-13(17)20-10-4-2-9(14)3-5-10/h2-7H,8H2,1H3. The molecule has 0 bridgehead atoms. The van der Waals surface area contributed by atoms with Gasteiger partial charge in [0.15, 0.2) is 6.61 Å². The van der Waals surface area contributed by atoms with Crippen LogP contribution >= 0.6 is 15.9 Å². The van der Waals surface area contributed by atoms with Gasteiger partial charge in [0.05, 0.1) is 7.11 Å². The summed E-state index contributed by atoms with van der Waals surface area (Å²) < 4.78 is 14.6. The lowest BCUT2D eigenvalue weighted by Gasteiger charge is -2.04. The molecule has 0 radical (unpaired) electrons. The maximum absolute atomic E-state index is 11.4. The summed E-state index contributed by atoms with van der Waals surface area (Å²) in [5, 5.41) is 0. The van der Waals surface area contributed by atoms with Gasteiger partial charge in [0.25, 0.3) is 0 Å². The fourth-order valence-electron chi connectivity index (χ4n) is 1.05. The molecule has 0 N–H and O–H groups in total. The van der Waals surface area contributed by atoms with Crippen LogP contribution in [0, 0.1) is 0 Å². The SMILES string of the molecule is COC(=O)C=CC(=O)OCC(=O)Oc1ccc(Br)cc1. The van der Waals surface area contributed by atoms with Crippen LogP contribution in [0.1, 0.15) is 0 Å². The highest BCUT2D eigenvalue weighted by Gasteiger charge is 2.08. The van der Waals surface area contributed by atoms with E-state index in [-0.39, 0.29) is 0 Å². The van der Waals surface area contributed by atoms with Crippen LogP contribution in [0.5, 0.6) is 5.75 Å². The number of hydrogen-bond acceptors (Lipinski definition) is 6. The van der Waals surface area contributed by atoms with E-state index in [1.54, 1.807) is 24.3 Å². The van der Waals surface area contributed by atoms with E-state index >= 15 is 0 Å². The highest BCUT2D eigenvalue weighted by atomic mass is 79.9. The van der Waals surface area contributed by atoms with Crippen molar-refractivity contribution in [3.8, 4) is 5.75 Å². The first-order chi connectivity index (χ1) is 9.51. The summed E-state index contributed by atoms with van der Waals surface area (Å²) in [6.45, 7) is -0.555. The molecule has 0 amide bonds. The molecule has 0 atom stereocenters. The average Bonchev–Trinajstić information content (AvgIpc) is 2.45. The molecule has 0 aliphatic rings. The Bertz CT molecular complexity index is 520. The molecule has 106 valence electrons. The van der Waals surface area contributed by atoms with Gasteiger partial charge in [0.1, 0.15) is 5.75 Å². The molecule has 1 rings (SSSR count). The summed E-state index contributed by atoms with van der Waals surface area (Å²) in [6.07, 6.45) is 1.75. The third-order valence-electron chi connectivity index (χ3n) is 1.93. The fraction of sp³-hybridized carbons (Fsp3) is 0.154. The molecule has 0 unspecified atom stereocenters. The Morgan fingerprint density at radius 1 is 1.10 bits per heavy atom. The van der Waals surface area contributed by atoms with Crippen molar-refractivity contribution in [2.45, 2.75) is 0 Å². The molecule has 0 aliphatic heterocycles. The van der Waals surface area contributed by atoms with E-state index in [2.05, 4.69) is 25.4 Å². The number of hydrogen-bond donors (Lipinski definition) is 0. The van der Waals surface area contributed by atoms with E-state index in [1.807, 2.05) is 0 Å². The Kier molecular flexibility index (Phi) is 6.45. The summed E-state index contributed by atoms with van der Waals surface area (Å²) in [7, 11) is 1.17. The van der Waals surface area contributed by atoms with E-state index in [0.717, 1.165) is 16.6 Å². The Labute approximate surface area is 123 Å². The highest BCUT2D eigenvalue weighted by Crippen LogP contribution is 2.16. The summed E-state index contributed by atoms with van der Waals surface area (Å²) >= 11 is 3.24. The van der Waals surface area contributed by atoms with Gasteiger partial charge < -0.3 is 14.2 Å². The third kappa shape index (κ3) is 6.14. The number of methoxy groups -OCH3 is 1. The van der Waals surface area contributed by atoms with E-state index in [0.29, 0.717) is 5.75 Å². The number of carbonyl (C=O) groups excluding carboxylic acids is 3. The van der Waals surface area contributed by atoms with Crippen molar-refractivity contribution < 1.29 is 28.6 Å². The second-order valence-electron chi connectivity index (χ2n) is 3.39. The molecule has 0 aliphatic carbocycles. The van der Waals surface area contributed by atoms with Gasteiger partial charge in [-0.2, -0.15) is 0 Å². The molecular weight excluding hydrogens is 332 g/mol. The Morgan fingerprint density at radius 3 is 2.30 bits per heavy atom. The quantitative estimate of drug-likeness (QED) is 0.459. The summed E-state index contributed by atoms with van der Waals surface area (Å²) in [5.74, 6) is -1.94. The van der Waals surface area contributed by atoms with Gasteiger partial charge in [-0.05, 0) is 24.3 Å². The van der Waals surface area contributed by atoms with Gasteiger partial charge in [-0.15, -0.1) is 0 Å². The van der Waals surface area contributed by atoms with Gasteiger partial charge in [-0.25, -0.2) is 14.4 Å². The predicted octanol–water partition coefficient (Wildman–Crippen LogP) is 1.63. The van der Waals surface area contributed by atoms with Crippen LogP contribution in [0.25, 0.3) is 0 Å². The fourth-order valence-corrected chi connectivity index (χ4v) is 1.31. The van der Waals surface area contributed by atoms with E-state index in [9.17, 15) is 14.4 Å². The van der Waals surface area contributed by atoms with Crippen molar-refractivity contribution in [3.05, 3.63) is 40.9 Å². The molecule has 20 heavy (non-hydrogen) atoms. The number of halogens is 1. The number of esters is 3. The maximum atomic E-state index is 11.4. The molecule has 1 aromatic rings. The smallest absolute Gasteiger partial charge is 0.349 e. The number of carbonyl (C=O) groups is 3. The lowest BCUT2D eigenvalue weighted by atomic mass is 10.3. The third-order valence-corrected chi connectivity index (χ3v) is 2.46. The second-order valence-corrected chi connectivity index (χ2v) is 4.31. The van der Waals surface area contributed by atoms with E-state index in [1.165, 1.54) is 7.11 Å². The normalized spacial score (nSPS) is 10.1. The molecule has 0 spiro atoms. The van der Waals surface area contributed by atoms with Crippen LogP contribution in [-0.4, -0.2) is 31.6 Å². The molecule has 7 heteroatoms. The van der Waals surface area contributed by atoms with Crippen LogP contribution in [0.4, 0.5) is 0 Å². The van der Waals surface area contributed by atoms with Gasteiger partial charge in [0.2, 0.25) is 0 Å². The summed E-state index contributed by atoms with van der Waals surface area (Å²) in [4.78, 5) is 33.2. The lowest BCUT2D eigenvalue weighted by molar-refractivity contribution is -0.150. The summed E-state index contributed by atoms with van der Waals surface area (Å²) in [6, 6.07) is 6.57. The van der Waals surface area contributed by atoms with Crippen LogP contribution in [-0.2, 0) is 23.9 Å². The molecular formula is C13H11BrO6. The van der Waals surface area contributed by atoms with Crippen LogP contribution < -0.4 is 4.74 Å². The number of benzene rings is 1. The highest BCUT2D eigenvalue weighted by molar-refractivity contribution is 9.10. The Morgan fingerprint density at radius 2 is 1.70 bits per heavy atom. The van der Waals surface area contributed by atoms with Crippen molar-refractivity contribution >= 4 is 33.8 Å². The Balaban J connectivity index is 2.36. The minimum atomic E-state index is -0.844. The first-order valence-electron chi connectivity index (χ1n) is 5.40. The van der Waals surface area contributed by atoms with Gasteiger partial charge in [-0.1, -0.05) is 15.9 Å². The molecule has 0 heterocycles. The van der Waals surface area contributed by atoms with Crippen molar-refractivity contribution in [3.63, 3.8) is 0 Å². The predicted molar refractivity (Wildman–Crippen MR) is 71.9 cm³/mol. The van der Waals surface area contributed by atoms with Crippen molar-refractivity contribution in [2.24, 2.45) is 0 Å². The zero-order valence-electron chi connectivity index (χ0n) is 10.5. The monoisotopic (exact) mass is 342 g/mol. The zero-order valence-corrected chi connectivity index (χ0v) is 12.1. The zero-order chi connectivity index (χ0) is 15.0. The molecule has 6 nitrogen and oxygen atoms in total. The minimum Gasteiger partial charge on any atom is -0.466 e. The number of rotatable bonds is 5. The maximum Gasteiger partial charge on any atom is 0.349 e. The molecule has 0 aromatic heterocycles. The molecule has 0 saturated heterocycles. The van der Waals surface area contributed by atoms with E-state index in [4.69, 9.17) is 4.74 Å². The average molecular weight is 343 g/mol. The van der Waals surface area contributed by atoms with Crippen LogP contribution in [0.15, 0.2) is 40.9 Å². The van der Waals surface area contributed by atoms with E-state index < -0.39 is 24.5 Å². The number of ether oxygens (including phenoxy) is 3. The first kappa shape index (κ1) is 15.9. The molecule has 1 aromatic carbocycles. The van der Waals surface area contributed by atoms with Crippen LogP contribution in [0.3, 0.4) is 0 Å². The topological polar surface area (TPSA) is 78.9 Å². The lowest BCUT2D eigenvalue weighted by Crippen LogP contribution is -2.18. The van der Waals surface area contributed by atoms with Gasteiger partial charge >= 0.3 is 17.9 Å². The molecule has 0 saturated carbocycles. The van der Waals surface area contributed by atoms with Gasteiger partial charge in [-0.3, -0.25) is 0 Å².